The third kappa shape index (κ3) is 3.60. The number of amides is 1. The zero-order chi connectivity index (χ0) is 18.8. The van der Waals surface area contributed by atoms with Crippen LogP contribution in [0.1, 0.15) is 53.9 Å². The summed E-state index contributed by atoms with van der Waals surface area (Å²) in [7, 11) is 0. The monoisotopic (exact) mass is 362 g/mol. The lowest BCUT2D eigenvalue weighted by molar-refractivity contribution is 0.0749. The minimum atomic E-state index is -0.0830. The SMILES string of the molecule is CC(C)c1cc(C(=O)N2CC[C@@H](c3ccnc(-c4ccncc4)c3)C2)on1. The average molecular weight is 362 g/mol. The summed E-state index contributed by atoms with van der Waals surface area (Å²) in [6.45, 7) is 5.45. The Labute approximate surface area is 158 Å². The molecule has 6 nitrogen and oxygen atoms in total. The lowest BCUT2D eigenvalue weighted by Crippen LogP contribution is -2.28. The van der Waals surface area contributed by atoms with Gasteiger partial charge in [-0.2, -0.15) is 0 Å². The second kappa shape index (κ2) is 7.31. The van der Waals surface area contributed by atoms with Crippen molar-refractivity contribution in [2.75, 3.05) is 13.1 Å². The van der Waals surface area contributed by atoms with Gasteiger partial charge in [-0.15, -0.1) is 0 Å². The van der Waals surface area contributed by atoms with Gasteiger partial charge in [-0.1, -0.05) is 19.0 Å². The molecule has 3 aromatic rings. The van der Waals surface area contributed by atoms with E-state index in [9.17, 15) is 4.79 Å². The summed E-state index contributed by atoms with van der Waals surface area (Å²) < 4.78 is 5.26. The van der Waals surface area contributed by atoms with Crippen molar-refractivity contribution in [1.82, 2.24) is 20.0 Å². The van der Waals surface area contributed by atoms with E-state index >= 15 is 0 Å². The number of carbonyl (C=O) groups excluding carboxylic acids is 1. The predicted octanol–water partition coefficient (Wildman–Crippen LogP) is 3.88. The van der Waals surface area contributed by atoms with E-state index in [-0.39, 0.29) is 11.8 Å². The van der Waals surface area contributed by atoms with Gasteiger partial charge >= 0.3 is 0 Å². The highest BCUT2D eigenvalue weighted by Gasteiger charge is 2.30. The number of hydrogen-bond acceptors (Lipinski definition) is 5. The topological polar surface area (TPSA) is 72.1 Å². The maximum absolute atomic E-state index is 12.7. The normalized spacial score (nSPS) is 16.9. The number of aromatic nitrogens is 3. The van der Waals surface area contributed by atoms with Crippen molar-refractivity contribution in [2.24, 2.45) is 0 Å². The van der Waals surface area contributed by atoms with E-state index in [0.717, 1.165) is 23.4 Å². The molecule has 0 bridgehead atoms. The Morgan fingerprint density at radius 2 is 2.00 bits per heavy atom. The van der Waals surface area contributed by atoms with Crippen molar-refractivity contribution >= 4 is 5.91 Å². The molecular formula is C21H22N4O2. The van der Waals surface area contributed by atoms with Crippen molar-refractivity contribution in [3.63, 3.8) is 0 Å². The minimum Gasteiger partial charge on any atom is -0.351 e. The van der Waals surface area contributed by atoms with Crippen molar-refractivity contribution < 1.29 is 9.32 Å². The van der Waals surface area contributed by atoms with Crippen LogP contribution in [-0.4, -0.2) is 39.0 Å². The molecule has 0 unspecified atom stereocenters. The molecule has 3 aromatic heterocycles. The Balaban J connectivity index is 1.48. The lowest BCUT2D eigenvalue weighted by Gasteiger charge is -2.15. The van der Waals surface area contributed by atoms with Crippen LogP contribution in [0.5, 0.6) is 0 Å². The van der Waals surface area contributed by atoms with Crippen LogP contribution in [0.4, 0.5) is 0 Å². The molecule has 6 heteroatoms. The maximum Gasteiger partial charge on any atom is 0.292 e. The van der Waals surface area contributed by atoms with Crippen molar-refractivity contribution in [3.8, 4) is 11.3 Å². The molecular weight excluding hydrogens is 340 g/mol. The van der Waals surface area contributed by atoms with Crippen LogP contribution in [0.15, 0.2) is 53.4 Å². The van der Waals surface area contributed by atoms with Crippen LogP contribution in [0.25, 0.3) is 11.3 Å². The van der Waals surface area contributed by atoms with Crippen molar-refractivity contribution in [1.29, 1.82) is 0 Å². The van der Waals surface area contributed by atoms with Gasteiger partial charge in [0.1, 0.15) is 0 Å². The minimum absolute atomic E-state index is 0.0830. The van der Waals surface area contributed by atoms with E-state index in [2.05, 4.69) is 21.2 Å². The molecule has 1 atom stereocenters. The third-order valence-corrected chi connectivity index (χ3v) is 5.04. The van der Waals surface area contributed by atoms with Crippen LogP contribution < -0.4 is 0 Å². The first-order chi connectivity index (χ1) is 13.1. The third-order valence-electron chi connectivity index (χ3n) is 5.04. The van der Waals surface area contributed by atoms with E-state index in [1.807, 2.05) is 43.1 Å². The van der Waals surface area contributed by atoms with E-state index in [1.165, 1.54) is 5.56 Å². The Kier molecular flexibility index (Phi) is 4.71. The highest BCUT2D eigenvalue weighted by atomic mass is 16.5. The van der Waals surface area contributed by atoms with Gasteiger partial charge in [-0.05, 0) is 42.2 Å². The molecule has 1 amide bonds. The first kappa shape index (κ1) is 17.4. The van der Waals surface area contributed by atoms with Crippen LogP contribution in [0.2, 0.25) is 0 Å². The molecule has 0 aliphatic carbocycles. The summed E-state index contributed by atoms with van der Waals surface area (Å²) in [5, 5.41) is 3.99. The molecule has 138 valence electrons. The Hall–Kier alpha value is -3.02. The number of pyridine rings is 2. The maximum atomic E-state index is 12.7. The van der Waals surface area contributed by atoms with Gasteiger partial charge in [-0.3, -0.25) is 14.8 Å². The van der Waals surface area contributed by atoms with E-state index in [1.54, 1.807) is 18.5 Å². The molecule has 4 rings (SSSR count). The summed E-state index contributed by atoms with van der Waals surface area (Å²) in [6, 6.07) is 9.81. The smallest absolute Gasteiger partial charge is 0.292 e. The van der Waals surface area contributed by atoms with Crippen LogP contribution in [-0.2, 0) is 0 Å². The van der Waals surface area contributed by atoms with Gasteiger partial charge in [0.15, 0.2) is 0 Å². The summed E-state index contributed by atoms with van der Waals surface area (Å²) in [5.74, 6) is 0.780. The Bertz CT molecular complexity index is 936. The standard InChI is InChI=1S/C21H22N4O2/c1-14(2)18-12-20(27-24-18)21(26)25-10-6-17(13-25)16-5-9-23-19(11-16)15-3-7-22-8-4-15/h3-5,7-9,11-12,14,17H,6,10,13H2,1-2H3/t17-/m1/s1. The average Bonchev–Trinajstić information content (AvgIpc) is 3.38. The zero-order valence-corrected chi connectivity index (χ0v) is 15.5. The number of likely N-dealkylation sites (tertiary alicyclic amines) is 1. The van der Waals surface area contributed by atoms with Crippen LogP contribution >= 0.6 is 0 Å². The van der Waals surface area contributed by atoms with Crippen molar-refractivity contribution in [3.05, 3.63) is 65.9 Å². The molecule has 4 heterocycles. The fourth-order valence-corrected chi connectivity index (χ4v) is 3.42. The molecule has 0 radical (unpaired) electrons. The van der Waals surface area contributed by atoms with E-state index in [4.69, 9.17) is 4.52 Å². The second-order valence-electron chi connectivity index (χ2n) is 7.22. The van der Waals surface area contributed by atoms with Gasteiger partial charge in [0.2, 0.25) is 5.76 Å². The number of nitrogens with zero attached hydrogens (tertiary/aromatic N) is 4. The Morgan fingerprint density at radius 1 is 1.19 bits per heavy atom. The number of hydrogen-bond donors (Lipinski definition) is 0. The fourth-order valence-electron chi connectivity index (χ4n) is 3.42. The number of carbonyl (C=O) groups is 1. The van der Waals surface area contributed by atoms with Crippen molar-refractivity contribution in [2.45, 2.75) is 32.1 Å². The summed E-state index contributed by atoms with van der Waals surface area (Å²) >= 11 is 0. The largest absolute Gasteiger partial charge is 0.351 e. The highest BCUT2D eigenvalue weighted by molar-refractivity contribution is 5.91. The Morgan fingerprint density at radius 3 is 2.74 bits per heavy atom. The molecule has 1 saturated heterocycles. The van der Waals surface area contributed by atoms with Gasteiger partial charge in [-0.25, -0.2) is 0 Å². The fraction of sp³-hybridized carbons (Fsp3) is 0.333. The molecule has 0 saturated carbocycles. The summed E-state index contributed by atoms with van der Waals surface area (Å²) in [4.78, 5) is 23.1. The molecule has 1 fully saturated rings. The first-order valence-electron chi connectivity index (χ1n) is 9.24. The summed E-state index contributed by atoms with van der Waals surface area (Å²) in [5.41, 5.74) is 3.98. The van der Waals surface area contributed by atoms with Gasteiger partial charge in [0.05, 0.1) is 11.4 Å². The second-order valence-corrected chi connectivity index (χ2v) is 7.22. The van der Waals surface area contributed by atoms with E-state index < -0.39 is 0 Å². The zero-order valence-electron chi connectivity index (χ0n) is 15.5. The van der Waals surface area contributed by atoms with Crippen LogP contribution in [0, 0.1) is 0 Å². The molecule has 27 heavy (non-hydrogen) atoms. The molecule has 0 aromatic carbocycles. The predicted molar refractivity (Wildman–Crippen MR) is 101 cm³/mol. The highest BCUT2D eigenvalue weighted by Crippen LogP contribution is 2.30. The number of rotatable bonds is 4. The van der Waals surface area contributed by atoms with E-state index in [0.29, 0.717) is 24.8 Å². The molecule has 0 spiro atoms. The van der Waals surface area contributed by atoms with Gasteiger partial charge < -0.3 is 9.42 Å². The van der Waals surface area contributed by atoms with Gasteiger partial charge in [0.25, 0.3) is 5.91 Å². The molecule has 1 aliphatic heterocycles. The first-order valence-corrected chi connectivity index (χ1v) is 9.24. The van der Waals surface area contributed by atoms with Crippen LogP contribution in [0.3, 0.4) is 0 Å². The van der Waals surface area contributed by atoms with Gasteiger partial charge in [0, 0.05) is 49.2 Å². The molecule has 1 aliphatic rings. The quantitative estimate of drug-likeness (QED) is 0.704. The summed E-state index contributed by atoms with van der Waals surface area (Å²) in [6.07, 6.45) is 6.29. The molecule has 0 N–H and O–H groups in total. The lowest BCUT2D eigenvalue weighted by atomic mass is 9.97.